The van der Waals surface area contributed by atoms with Gasteiger partial charge < -0.3 is 4.84 Å². The Bertz CT molecular complexity index is 769. The van der Waals surface area contributed by atoms with Crippen molar-refractivity contribution in [3.8, 4) is 0 Å². The van der Waals surface area contributed by atoms with Crippen molar-refractivity contribution in [3.63, 3.8) is 0 Å². The zero-order valence-electron chi connectivity index (χ0n) is 14.9. The summed E-state index contributed by atoms with van der Waals surface area (Å²) in [6.07, 6.45) is 1.56. The van der Waals surface area contributed by atoms with Crippen LogP contribution in [-0.2, 0) is 9.63 Å². The fourth-order valence-electron chi connectivity index (χ4n) is 2.64. The molecule has 0 spiro atoms. The predicted molar refractivity (Wildman–Crippen MR) is 105 cm³/mol. The summed E-state index contributed by atoms with van der Waals surface area (Å²) in [7, 11) is 0. The number of Topliss-reactive ketones (excluding diaryl/α,β-unsaturated/α-hetero) is 1. The number of alkyl halides is 2. The highest BCUT2D eigenvalue weighted by Gasteiger charge is 2.52. The largest absolute Gasteiger partial charge is 0.365 e. The van der Waals surface area contributed by atoms with Gasteiger partial charge in [-0.1, -0.05) is 44.5 Å². The second-order valence-electron chi connectivity index (χ2n) is 6.77. The summed E-state index contributed by atoms with van der Waals surface area (Å²) in [5.74, 6) is -1.18. The second kappa shape index (κ2) is 8.12. The van der Waals surface area contributed by atoms with Gasteiger partial charge in [0, 0.05) is 10.6 Å². The van der Waals surface area contributed by atoms with Crippen LogP contribution >= 0.6 is 34.8 Å². The molecule has 2 atom stereocenters. The van der Waals surface area contributed by atoms with E-state index < -0.39 is 16.2 Å². The number of benzene rings is 1. The van der Waals surface area contributed by atoms with Crippen LogP contribution in [0.2, 0.25) is 5.02 Å². The Morgan fingerprint density at radius 1 is 1.19 bits per heavy atom. The third-order valence-electron chi connectivity index (χ3n) is 4.32. The summed E-state index contributed by atoms with van der Waals surface area (Å²) in [6, 6.07) is 6.22. The first-order chi connectivity index (χ1) is 12.1. The molecule has 2 rings (SSSR count). The molecule has 7 heteroatoms. The van der Waals surface area contributed by atoms with E-state index in [1.54, 1.807) is 18.2 Å². The van der Waals surface area contributed by atoms with Crippen molar-refractivity contribution in [2.24, 2.45) is 17.0 Å². The van der Waals surface area contributed by atoms with Crippen LogP contribution < -0.4 is 0 Å². The number of hydrogen-bond acceptors (Lipinski definition) is 4. The van der Waals surface area contributed by atoms with Gasteiger partial charge in [-0.25, -0.2) is 4.79 Å². The summed E-state index contributed by atoms with van der Waals surface area (Å²) < 4.78 is 0. The van der Waals surface area contributed by atoms with Crippen LogP contribution in [-0.4, -0.2) is 27.7 Å². The lowest BCUT2D eigenvalue weighted by atomic mass is 9.75. The van der Waals surface area contributed by atoms with E-state index in [4.69, 9.17) is 39.6 Å². The molecule has 0 heterocycles. The van der Waals surface area contributed by atoms with Gasteiger partial charge in [0.25, 0.3) is 0 Å². The summed E-state index contributed by atoms with van der Waals surface area (Å²) in [4.78, 5) is 28.6. The number of hydrogen-bond donors (Lipinski definition) is 0. The Balaban J connectivity index is 2.36. The molecule has 140 valence electrons. The van der Waals surface area contributed by atoms with Crippen LogP contribution in [0.4, 0.5) is 0 Å². The molecule has 0 N–H and O–H groups in total. The molecule has 0 amide bonds. The van der Waals surface area contributed by atoms with Gasteiger partial charge in [-0.2, -0.15) is 0 Å². The Morgan fingerprint density at radius 3 is 2.27 bits per heavy atom. The van der Waals surface area contributed by atoms with E-state index >= 15 is 0 Å². The van der Waals surface area contributed by atoms with Crippen molar-refractivity contribution in [2.45, 2.75) is 37.9 Å². The van der Waals surface area contributed by atoms with Crippen molar-refractivity contribution in [3.05, 3.63) is 46.5 Å². The Hall–Kier alpha value is -1.36. The number of ketones is 1. The normalized spacial score (nSPS) is 25.0. The minimum atomic E-state index is -1.35. The molecule has 0 fully saturated rings. The minimum absolute atomic E-state index is 0.0688. The molecule has 0 aliphatic heterocycles. The van der Waals surface area contributed by atoms with Gasteiger partial charge in [0.2, 0.25) is 0 Å². The number of oxime groups is 1. The average molecular weight is 417 g/mol. The smallest absolute Gasteiger partial charge is 0.312 e. The average Bonchev–Trinajstić information content (AvgIpc) is 2.59. The molecule has 0 radical (unpaired) electrons. The Morgan fingerprint density at radius 2 is 1.77 bits per heavy atom. The molecule has 1 aromatic carbocycles. The third-order valence-corrected chi connectivity index (χ3v) is 6.08. The lowest BCUT2D eigenvalue weighted by Gasteiger charge is -2.38. The van der Waals surface area contributed by atoms with Crippen molar-refractivity contribution < 1.29 is 14.4 Å². The fraction of sp³-hybridized carbons (Fsp3) is 0.421. The van der Waals surface area contributed by atoms with Crippen molar-refractivity contribution in [1.82, 2.24) is 0 Å². The summed E-state index contributed by atoms with van der Waals surface area (Å²) in [5.41, 5.74) is 1.05. The van der Waals surface area contributed by atoms with E-state index in [2.05, 4.69) is 5.16 Å². The van der Waals surface area contributed by atoms with E-state index in [1.807, 2.05) is 27.7 Å². The lowest BCUT2D eigenvalue weighted by molar-refractivity contribution is -0.119. The van der Waals surface area contributed by atoms with E-state index in [-0.39, 0.29) is 23.3 Å². The molecule has 26 heavy (non-hydrogen) atoms. The maximum Gasteiger partial charge on any atom is 0.365 e. The van der Waals surface area contributed by atoms with E-state index in [0.717, 1.165) is 0 Å². The molecule has 4 nitrogen and oxygen atoms in total. The van der Waals surface area contributed by atoms with Crippen LogP contribution in [0, 0.1) is 11.8 Å². The zero-order chi connectivity index (χ0) is 19.6. The maximum absolute atomic E-state index is 12.8. The van der Waals surface area contributed by atoms with Gasteiger partial charge in [0.1, 0.15) is 16.0 Å². The number of nitrogens with zero attached hydrogens (tertiary/aromatic N) is 1. The molecule has 0 saturated heterocycles. The van der Waals surface area contributed by atoms with Crippen LogP contribution in [0.1, 0.15) is 38.1 Å². The van der Waals surface area contributed by atoms with Gasteiger partial charge >= 0.3 is 5.97 Å². The number of rotatable bonds is 4. The minimum Gasteiger partial charge on any atom is -0.312 e. The van der Waals surface area contributed by atoms with E-state index in [0.29, 0.717) is 16.2 Å². The summed E-state index contributed by atoms with van der Waals surface area (Å²) in [6.45, 7) is 7.41. The number of carbonyl (C=O) groups is 2. The van der Waals surface area contributed by atoms with Gasteiger partial charge in [-0.05, 0) is 42.2 Å². The van der Waals surface area contributed by atoms with Crippen LogP contribution in [0.5, 0.6) is 0 Å². The number of carbonyl (C=O) groups excluding carboxylic acids is 2. The fourth-order valence-corrected chi connectivity index (χ4v) is 3.44. The topological polar surface area (TPSA) is 55.7 Å². The lowest BCUT2D eigenvalue weighted by Crippen LogP contribution is -2.53. The molecular weight excluding hydrogens is 397 g/mol. The van der Waals surface area contributed by atoms with Crippen molar-refractivity contribution in [2.75, 3.05) is 0 Å². The Kier molecular flexibility index (Phi) is 6.54. The first-order valence-corrected chi connectivity index (χ1v) is 9.42. The maximum atomic E-state index is 12.8. The van der Waals surface area contributed by atoms with Crippen LogP contribution in [0.3, 0.4) is 0 Å². The predicted octanol–water partition coefficient (Wildman–Crippen LogP) is 5.26. The highest BCUT2D eigenvalue weighted by molar-refractivity contribution is 6.51. The Labute approximate surface area is 168 Å². The van der Waals surface area contributed by atoms with E-state index in [1.165, 1.54) is 12.1 Å². The number of allylic oxidation sites excluding steroid dienone is 2. The zero-order valence-corrected chi connectivity index (χ0v) is 17.2. The molecule has 0 saturated carbocycles. The summed E-state index contributed by atoms with van der Waals surface area (Å²) in [5, 5.41) is 3.48. The first-order valence-electron chi connectivity index (χ1n) is 8.23. The highest BCUT2D eigenvalue weighted by Crippen LogP contribution is 2.41. The van der Waals surface area contributed by atoms with Gasteiger partial charge in [-0.15, -0.1) is 23.2 Å². The molecule has 0 bridgehead atoms. The van der Waals surface area contributed by atoms with Gasteiger partial charge in [0.15, 0.2) is 5.78 Å². The molecule has 1 aliphatic rings. The van der Waals surface area contributed by atoms with Crippen LogP contribution in [0.25, 0.3) is 0 Å². The second-order valence-corrected chi connectivity index (χ2v) is 8.27. The first kappa shape index (κ1) is 20.9. The SMILES string of the molecule is CC(C)C1=CC(=NOC(=O)c2ccc(Cl)cc2)C(Cl)C(Cl)(C(C)C)C1=O. The quantitative estimate of drug-likeness (QED) is 0.382. The third kappa shape index (κ3) is 3.98. The molecule has 1 aromatic rings. The standard InChI is InChI=1S/C19H20Cl3NO3/c1-10(2)14-9-15(16(21)19(22,11(3)4)17(14)24)23-26-18(25)12-5-7-13(20)8-6-12/h5-11,16H,1-4H3. The van der Waals surface area contributed by atoms with Gasteiger partial charge in [0.05, 0.1) is 5.56 Å². The van der Waals surface area contributed by atoms with Crippen molar-refractivity contribution >= 4 is 52.3 Å². The molecular formula is C19H20Cl3NO3. The van der Waals surface area contributed by atoms with E-state index in [9.17, 15) is 9.59 Å². The molecule has 0 aromatic heterocycles. The highest BCUT2D eigenvalue weighted by atomic mass is 35.5. The van der Waals surface area contributed by atoms with Gasteiger partial charge in [-0.3, -0.25) is 4.79 Å². The van der Waals surface area contributed by atoms with Crippen molar-refractivity contribution in [1.29, 1.82) is 0 Å². The van der Waals surface area contributed by atoms with Crippen LogP contribution in [0.15, 0.2) is 41.1 Å². The molecule has 2 unspecified atom stereocenters. The monoisotopic (exact) mass is 415 g/mol. The molecule has 1 aliphatic carbocycles. The number of halogens is 3. The summed E-state index contributed by atoms with van der Waals surface area (Å²) >= 11 is 18.9.